The van der Waals surface area contributed by atoms with Crippen molar-refractivity contribution in [1.82, 2.24) is 0 Å². The number of hydrogen-bond donors (Lipinski definition) is 2. The molecule has 1 heterocycles. The Bertz CT molecular complexity index is 365. The van der Waals surface area contributed by atoms with E-state index in [0.717, 1.165) is 24.1 Å². The fourth-order valence-corrected chi connectivity index (χ4v) is 2.17. The van der Waals surface area contributed by atoms with Gasteiger partial charge in [-0.2, -0.15) is 0 Å². The van der Waals surface area contributed by atoms with Gasteiger partial charge < -0.3 is 15.2 Å². The van der Waals surface area contributed by atoms with Crippen LogP contribution in [0.15, 0.2) is 18.2 Å². The minimum Gasteiger partial charge on any atom is -0.508 e. The van der Waals surface area contributed by atoms with Crippen LogP contribution in [0.3, 0.4) is 0 Å². The third-order valence-electron chi connectivity index (χ3n) is 2.98. The second-order valence-electron chi connectivity index (χ2n) is 4.42. The molecule has 1 unspecified atom stereocenters. The van der Waals surface area contributed by atoms with Crippen molar-refractivity contribution in [3.8, 4) is 5.75 Å². The van der Waals surface area contributed by atoms with Crippen molar-refractivity contribution in [1.29, 1.82) is 0 Å². The van der Waals surface area contributed by atoms with E-state index in [0.29, 0.717) is 12.4 Å². The molecule has 82 valence electrons. The Morgan fingerprint density at radius 3 is 3.07 bits per heavy atom. The molecule has 0 radical (unpaired) electrons. The molecule has 1 aliphatic heterocycles. The van der Waals surface area contributed by atoms with Gasteiger partial charge >= 0.3 is 0 Å². The minimum atomic E-state index is -0.0183. The molecule has 2 rings (SSSR count). The number of ether oxygens (including phenoxy) is 1. The van der Waals surface area contributed by atoms with E-state index in [9.17, 15) is 5.11 Å². The summed E-state index contributed by atoms with van der Waals surface area (Å²) in [4.78, 5) is 0. The summed E-state index contributed by atoms with van der Waals surface area (Å²) in [5.41, 5.74) is 2.03. The highest BCUT2D eigenvalue weighted by Crippen LogP contribution is 2.35. The summed E-state index contributed by atoms with van der Waals surface area (Å²) in [6.45, 7) is 2.82. The van der Waals surface area contributed by atoms with E-state index in [2.05, 4.69) is 12.2 Å². The van der Waals surface area contributed by atoms with Crippen molar-refractivity contribution in [3.63, 3.8) is 0 Å². The van der Waals surface area contributed by atoms with Gasteiger partial charge in [0.05, 0.1) is 12.1 Å². The Balaban J connectivity index is 2.27. The van der Waals surface area contributed by atoms with Gasteiger partial charge in [-0.3, -0.25) is 0 Å². The minimum absolute atomic E-state index is 0.0183. The van der Waals surface area contributed by atoms with Gasteiger partial charge in [0.15, 0.2) is 0 Å². The average molecular weight is 207 g/mol. The molecular weight excluding hydrogens is 190 g/mol. The summed E-state index contributed by atoms with van der Waals surface area (Å²) in [6.07, 6.45) is 1.88. The van der Waals surface area contributed by atoms with Crippen molar-refractivity contribution < 1.29 is 9.84 Å². The molecule has 0 saturated carbocycles. The van der Waals surface area contributed by atoms with Gasteiger partial charge in [-0.15, -0.1) is 0 Å². The lowest BCUT2D eigenvalue weighted by molar-refractivity contribution is 0.144. The first kappa shape index (κ1) is 10.3. The number of fused-ring (bicyclic) bond motifs is 1. The zero-order valence-corrected chi connectivity index (χ0v) is 9.21. The number of phenolic OH excluding ortho intramolecular Hbond substituents is 1. The number of hydrogen-bond acceptors (Lipinski definition) is 3. The van der Waals surface area contributed by atoms with Crippen LogP contribution in [-0.2, 0) is 11.2 Å². The Kier molecular flexibility index (Phi) is 2.57. The van der Waals surface area contributed by atoms with Gasteiger partial charge in [0, 0.05) is 18.4 Å². The van der Waals surface area contributed by atoms with Crippen LogP contribution >= 0.6 is 0 Å². The number of benzene rings is 1. The molecular formula is C12H17NO2. The largest absolute Gasteiger partial charge is 0.508 e. The number of phenols is 1. The third-order valence-corrected chi connectivity index (χ3v) is 2.98. The van der Waals surface area contributed by atoms with Gasteiger partial charge in [-0.05, 0) is 31.9 Å². The van der Waals surface area contributed by atoms with E-state index in [1.54, 1.807) is 13.2 Å². The highest BCUT2D eigenvalue weighted by atomic mass is 16.5. The topological polar surface area (TPSA) is 41.5 Å². The number of aromatic hydroxyl groups is 1. The summed E-state index contributed by atoms with van der Waals surface area (Å²) < 4.78 is 5.20. The van der Waals surface area contributed by atoms with E-state index in [1.165, 1.54) is 0 Å². The van der Waals surface area contributed by atoms with Gasteiger partial charge in [-0.1, -0.05) is 6.07 Å². The van der Waals surface area contributed by atoms with Crippen LogP contribution < -0.4 is 5.32 Å². The third kappa shape index (κ3) is 1.92. The van der Waals surface area contributed by atoms with E-state index >= 15 is 0 Å². The van der Waals surface area contributed by atoms with Gasteiger partial charge in [-0.25, -0.2) is 0 Å². The zero-order valence-electron chi connectivity index (χ0n) is 9.21. The molecule has 1 atom stereocenters. The van der Waals surface area contributed by atoms with Crippen molar-refractivity contribution in [3.05, 3.63) is 23.8 Å². The number of rotatable bonds is 2. The lowest BCUT2D eigenvalue weighted by Gasteiger charge is -2.36. The maximum absolute atomic E-state index is 9.69. The second kappa shape index (κ2) is 3.74. The van der Waals surface area contributed by atoms with Crippen LogP contribution in [0.2, 0.25) is 0 Å². The molecule has 3 nitrogen and oxygen atoms in total. The molecule has 3 heteroatoms. The molecule has 0 bridgehead atoms. The Morgan fingerprint density at radius 1 is 1.53 bits per heavy atom. The van der Waals surface area contributed by atoms with E-state index in [4.69, 9.17) is 4.74 Å². The maximum atomic E-state index is 9.69. The van der Waals surface area contributed by atoms with Gasteiger partial charge in [0.1, 0.15) is 5.75 Å². The molecule has 0 saturated heterocycles. The quantitative estimate of drug-likeness (QED) is 0.780. The first-order valence-electron chi connectivity index (χ1n) is 5.23. The highest BCUT2D eigenvalue weighted by Gasteiger charge is 2.29. The molecule has 1 aliphatic rings. The van der Waals surface area contributed by atoms with Crippen LogP contribution in [0.5, 0.6) is 5.75 Å². The number of nitrogens with one attached hydrogen (secondary N) is 1. The smallest absolute Gasteiger partial charge is 0.120 e. The van der Waals surface area contributed by atoms with Crippen LogP contribution in [0, 0.1) is 0 Å². The van der Waals surface area contributed by atoms with Crippen molar-refractivity contribution >= 4 is 5.69 Å². The molecule has 1 aromatic carbocycles. The molecule has 1 aromatic rings. The van der Waals surface area contributed by atoms with Crippen LogP contribution in [0.1, 0.15) is 18.9 Å². The molecule has 2 N–H and O–H groups in total. The normalized spacial score (nSPS) is 24.4. The number of anilines is 1. The molecule has 15 heavy (non-hydrogen) atoms. The van der Waals surface area contributed by atoms with Crippen molar-refractivity contribution in [2.75, 3.05) is 19.0 Å². The maximum Gasteiger partial charge on any atom is 0.120 e. The van der Waals surface area contributed by atoms with E-state index in [1.807, 2.05) is 12.1 Å². The lowest BCUT2D eigenvalue weighted by atomic mass is 9.88. The van der Waals surface area contributed by atoms with Crippen molar-refractivity contribution in [2.45, 2.75) is 25.3 Å². The summed E-state index contributed by atoms with van der Waals surface area (Å²) in [6, 6.07) is 5.60. The Labute approximate surface area is 90.1 Å². The summed E-state index contributed by atoms with van der Waals surface area (Å²) in [7, 11) is 1.71. The average Bonchev–Trinajstić information content (AvgIpc) is 2.17. The summed E-state index contributed by atoms with van der Waals surface area (Å²) in [5.74, 6) is 0.388. The fraction of sp³-hybridized carbons (Fsp3) is 0.500. The SMILES string of the molecule is COCC1(C)CCc2c(O)cccc2N1. The predicted octanol–water partition coefficient (Wildman–Crippen LogP) is 2.16. The van der Waals surface area contributed by atoms with Gasteiger partial charge in [0.25, 0.3) is 0 Å². The van der Waals surface area contributed by atoms with Crippen LogP contribution in [-0.4, -0.2) is 24.4 Å². The Morgan fingerprint density at radius 2 is 2.33 bits per heavy atom. The first-order chi connectivity index (χ1) is 7.14. The van der Waals surface area contributed by atoms with Crippen LogP contribution in [0.4, 0.5) is 5.69 Å². The standard InChI is InChI=1S/C12H17NO2/c1-12(8-15-2)7-6-9-10(13-12)4-3-5-11(9)14/h3-5,13-14H,6-8H2,1-2H3. The molecule has 0 spiro atoms. The van der Waals surface area contributed by atoms with Crippen molar-refractivity contribution in [2.24, 2.45) is 0 Å². The lowest BCUT2D eigenvalue weighted by Crippen LogP contribution is -2.42. The zero-order chi connectivity index (χ0) is 10.9. The molecule has 0 fully saturated rings. The fourth-order valence-electron chi connectivity index (χ4n) is 2.17. The summed E-state index contributed by atoms with van der Waals surface area (Å²) in [5, 5.41) is 13.1. The monoisotopic (exact) mass is 207 g/mol. The second-order valence-corrected chi connectivity index (χ2v) is 4.42. The number of methoxy groups -OCH3 is 1. The van der Waals surface area contributed by atoms with Gasteiger partial charge in [0.2, 0.25) is 0 Å². The van der Waals surface area contributed by atoms with Crippen LogP contribution in [0.25, 0.3) is 0 Å². The van der Waals surface area contributed by atoms with E-state index in [-0.39, 0.29) is 5.54 Å². The molecule has 0 amide bonds. The first-order valence-corrected chi connectivity index (χ1v) is 5.23. The molecule has 0 aliphatic carbocycles. The highest BCUT2D eigenvalue weighted by molar-refractivity contribution is 5.60. The van der Waals surface area contributed by atoms with E-state index < -0.39 is 0 Å². The molecule has 0 aromatic heterocycles. The summed E-state index contributed by atoms with van der Waals surface area (Å²) >= 11 is 0. The Hall–Kier alpha value is -1.22. The predicted molar refractivity (Wildman–Crippen MR) is 60.3 cm³/mol.